The third kappa shape index (κ3) is 7.91. The molecule has 0 atom stereocenters. The Bertz CT molecular complexity index is 984. The number of hydrogen-bond donors (Lipinski definition) is 9. The first-order valence-electron chi connectivity index (χ1n) is 12.0. The smallest absolute Gasteiger partial charge is 0.330 e. The van der Waals surface area contributed by atoms with E-state index in [-0.39, 0.29) is 25.9 Å². The molecule has 2 aliphatic rings. The summed E-state index contributed by atoms with van der Waals surface area (Å²) < 4.78 is 45.5. The molecule has 224 valence electrons. The van der Waals surface area contributed by atoms with E-state index in [1.807, 2.05) is 0 Å². The van der Waals surface area contributed by atoms with Crippen molar-refractivity contribution in [3.8, 4) is 0 Å². The molecule has 0 aliphatic carbocycles. The number of carbonyl (C=O) groups excluding carboxylic acids is 2. The Morgan fingerprint density at radius 3 is 1.50 bits per heavy atom. The van der Waals surface area contributed by atoms with Gasteiger partial charge in [0.15, 0.2) is 5.78 Å². The van der Waals surface area contributed by atoms with E-state index in [1.165, 1.54) is 19.3 Å². The van der Waals surface area contributed by atoms with Crippen molar-refractivity contribution in [2.24, 2.45) is 0 Å². The van der Waals surface area contributed by atoms with Crippen LogP contribution in [0.2, 0.25) is 0 Å². The van der Waals surface area contributed by atoms with Gasteiger partial charge in [-0.05, 0) is 6.42 Å². The summed E-state index contributed by atoms with van der Waals surface area (Å²) in [5, 5.41) is -4.03. The van der Waals surface area contributed by atoms with Gasteiger partial charge in [0.05, 0.1) is 0 Å². The van der Waals surface area contributed by atoms with Crippen molar-refractivity contribution in [2.45, 2.75) is 87.6 Å². The second kappa shape index (κ2) is 13.6. The van der Waals surface area contributed by atoms with Crippen molar-refractivity contribution in [2.75, 3.05) is 13.1 Å². The Morgan fingerprint density at radius 1 is 0.711 bits per heavy atom. The Labute approximate surface area is 220 Å². The molecule has 0 aromatic carbocycles. The number of carbonyl (C=O) groups is 2. The van der Waals surface area contributed by atoms with E-state index < -0.39 is 58.5 Å². The predicted octanol–water partition coefficient (Wildman–Crippen LogP) is 1.32. The van der Waals surface area contributed by atoms with Crippen LogP contribution < -0.4 is 5.32 Å². The zero-order chi connectivity index (χ0) is 29.6. The number of amides is 1. The van der Waals surface area contributed by atoms with Crippen LogP contribution in [0.3, 0.4) is 0 Å². The molecule has 38 heavy (non-hydrogen) atoms. The third-order valence-electron chi connectivity index (χ3n) is 6.52. The molecule has 1 amide bonds. The van der Waals surface area contributed by atoms with Gasteiger partial charge in [0.2, 0.25) is 10.9 Å². The Hall–Kier alpha value is -0.300. The summed E-state index contributed by atoms with van der Waals surface area (Å²) >= 11 is 0. The monoisotopic (exact) mass is 630 g/mol. The highest BCUT2D eigenvalue weighted by Crippen LogP contribution is 2.72. The van der Waals surface area contributed by atoms with Gasteiger partial charge in [-0.25, -0.2) is 0 Å². The average Bonchev–Trinajstić information content (AvgIpc) is 3.31. The van der Waals surface area contributed by atoms with Gasteiger partial charge in [-0.2, -0.15) is 0 Å². The van der Waals surface area contributed by atoms with E-state index in [1.54, 1.807) is 5.32 Å². The first-order valence-corrected chi connectivity index (χ1v) is 18.5. The summed E-state index contributed by atoms with van der Waals surface area (Å²) in [7, 11) is -20.9. The fourth-order valence-corrected chi connectivity index (χ4v) is 10.6. The lowest BCUT2D eigenvalue weighted by atomic mass is 10.1. The first kappa shape index (κ1) is 35.7. The molecule has 0 bridgehead atoms. The minimum absolute atomic E-state index is 0.0362. The largest absolute Gasteiger partial charge is 0.365 e. The van der Waals surface area contributed by atoms with Gasteiger partial charge < -0.3 is 44.5 Å². The minimum Gasteiger partial charge on any atom is -0.330 e. The van der Waals surface area contributed by atoms with E-state index in [4.69, 9.17) is 19.6 Å². The van der Waals surface area contributed by atoms with Crippen LogP contribution in [0.15, 0.2) is 0 Å². The molecule has 0 aromatic heterocycles. The maximum Gasteiger partial charge on any atom is 0.365 e. The van der Waals surface area contributed by atoms with Crippen LogP contribution in [0.25, 0.3) is 0 Å². The van der Waals surface area contributed by atoms with Crippen LogP contribution in [-0.2, 0) is 27.8 Å². The molecule has 0 unspecified atom stereocenters. The topological polar surface area (TPSA) is 280 Å². The zero-order valence-electron chi connectivity index (χ0n) is 21.0. The minimum atomic E-state index is -5.34. The van der Waals surface area contributed by atoms with Crippen molar-refractivity contribution in [1.82, 2.24) is 10.2 Å². The van der Waals surface area contributed by atoms with Gasteiger partial charge in [0.1, 0.15) is 0 Å². The standard InChI is InChI=1S/C14H29NO7P2.C4H9NO7P2/c1-2-3-4-5-6-7-8-9-11-15-12-10-13(16)14(15,23(17,18)19)24(20,21)22;6-3-1-2-4(5-3,13(7,8)9)14(10,11)12/h2-12H2,1H3,(H2,17,18,19)(H2,20,21,22);1-2H2,(H,5,6)(H2,7,8,9)(H2,10,11,12). The molecule has 16 nitrogen and oxygen atoms in total. The molecule has 0 aromatic rings. The highest BCUT2D eigenvalue weighted by molar-refractivity contribution is 7.74. The van der Waals surface area contributed by atoms with Gasteiger partial charge in [0, 0.05) is 32.4 Å². The lowest BCUT2D eigenvalue weighted by Gasteiger charge is -2.36. The summed E-state index contributed by atoms with van der Waals surface area (Å²) in [5.41, 5.74) is 0. The van der Waals surface area contributed by atoms with Crippen LogP contribution in [0.1, 0.15) is 77.6 Å². The molecule has 0 radical (unpaired) electrons. The van der Waals surface area contributed by atoms with Crippen LogP contribution in [0.5, 0.6) is 0 Å². The molecule has 2 heterocycles. The molecule has 2 fully saturated rings. The summed E-state index contributed by atoms with van der Waals surface area (Å²) in [6, 6.07) is 0. The lowest BCUT2D eigenvalue weighted by molar-refractivity contribution is -0.120. The average molecular weight is 630 g/mol. The van der Waals surface area contributed by atoms with Crippen molar-refractivity contribution >= 4 is 42.1 Å². The molecular weight excluding hydrogens is 592 g/mol. The maximum absolute atomic E-state index is 12.0. The summed E-state index contributed by atoms with van der Waals surface area (Å²) in [6.07, 6.45) is 6.97. The van der Waals surface area contributed by atoms with E-state index in [0.717, 1.165) is 30.6 Å². The molecule has 2 saturated heterocycles. The number of Topliss-reactive ketones (excluding diaryl/α,β-unsaturated/α-hetero) is 1. The first-order chi connectivity index (χ1) is 17.2. The highest BCUT2D eigenvalue weighted by atomic mass is 31.2. The van der Waals surface area contributed by atoms with Crippen LogP contribution in [0.4, 0.5) is 0 Å². The molecule has 2 rings (SSSR count). The van der Waals surface area contributed by atoms with Gasteiger partial charge in [0.25, 0.3) is 5.02 Å². The number of ketones is 1. The molecule has 9 N–H and O–H groups in total. The van der Waals surface area contributed by atoms with Crippen molar-refractivity contribution in [1.29, 1.82) is 0 Å². The Kier molecular flexibility index (Phi) is 12.8. The number of nitrogens with zero attached hydrogens (tertiary/aromatic N) is 1. The van der Waals surface area contributed by atoms with E-state index in [0.29, 0.717) is 6.42 Å². The SMILES string of the molecule is CCCCCCCCCCN1CCC(=O)C1(P(=O)(O)O)P(=O)(O)O.O=C1CCC(P(=O)(O)O)(P(=O)(O)O)N1. The highest BCUT2D eigenvalue weighted by Gasteiger charge is 2.71. The van der Waals surface area contributed by atoms with E-state index in [9.17, 15) is 47.4 Å². The number of unbranched alkanes of at least 4 members (excludes halogenated alkanes) is 7. The van der Waals surface area contributed by atoms with Crippen molar-refractivity contribution in [3.63, 3.8) is 0 Å². The number of hydrogen-bond acceptors (Lipinski definition) is 7. The fourth-order valence-electron chi connectivity index (χ4n) is 4.55. The van der Waals surface area contributed by atoms with Gasteiger partial charge in [-0.3, -0.25) is 32.7 Å². The van der Waals surface area contributed by atoms with Crippen molar-refractivity contribution < 1.29 is 67.0 Å². The number of nitrogens with one attached hydrogen (secondary N) is 1. The third-order valence-corrected chi connectivity index (χ3v) is 14.9. The zero-order valence-corrected chi connectivity index (χ0v) is 24.5. The van der Waals surface area contributed by atoms with Crippen LogP contribution in [-0.4, -0.2) is 78.9 Å². The quantitative estimate of drug-likeness (QED) is 0.102. The number of likely N-dealkylation sites (tertiary alicyclic amines) is 1. The molecule has 20 heteroatoms. The molecule has 2 aliphatic heterocycles. The van der Waals surface area contributed by atoms with Gasteiger partial charge >= 0.3 is 30.4 Å². The molecule has 0 spiro atoms. The fraction of sp³-hybridized carbons (Fsp3) is 0.889. The van der Waals surface area contributed by atoms with Crippen molar-refractivity contribution in [3.05, 3.63) is 0 Å². The van der Waals surface area contributed by atoms with Crippen LogP contribution in [0, 0.1) is 0 Å². The van der Waals surface area contributed by atoms with Gasteiger partial charge in [-0.15, -0.1) is 0 Å². The number of rotatable bonds is 13. The Balaban J connectivity index is 0.000000437. The second-order valence-corrected chi connectivity index (χ2v) is 17.2. The lowest BCUT2D eigenvalue weighted by Crippen LogP contribution is -2.48. The second-order valence-electron chi connectivity index (χ2n) is 9.31. The summed E-state index contributed by atoms with van der Waals surface area (Å²) in [6.45, 7) is 2.20. The summed E-state index contributed by atoms with van der Waals surface area (Å²) in [5.74, 6) is -1.85. The van der Waals surface area contributed by atoms with Gasteiger partial charge in [-0.1, -0.05) is 51.9 Å². The Morgan fingerprint density at radius 2 is 1.16 bits per heavy atom. The van der Waals surface area contributed by atoms with Crippen LogP contribution >= 0.6 is 30.4 Å². The molecular formula is C18H38N2O14P4. The van der Waals surface area contributed by atoms with E-state index in [2.05, 4.69) is 6.92 Å². The normalized spacial score (nSPS) is 20.2. The summed E-state index contributed by atoms with van der Waals surface area (Å²) in [4.78, 5) is 97.2. The maximum atomic E-state index is 12.0. The molecule has 0 saturated carbocycles. The van der Waals surface area contributed by atoms with E-state index >= 15 is 0 Å². The predicted molar refractivity (Wildman–Crippen MR) is 135 cm³/mol.